The van der Waals surface area contributed by atoms with Crippen LogP contribution in [-0.2, 0) is 46.2 Å². The number of rotatable bonds is 12. The molecule has 18 nitrogen and oxygen atoms in total. The highest BCUT2D eigenvalue weighted by atomic mass is 16.7. The summed E-state index contributed by atoms with van der Waals surface area (Å²) >= 11 is 0. The van der Waals surface area contributed by atoms with E-state index in [-0.39, 0.29) is 31.3 Å². The molecule has 5 N–H and O–H groups in total. The number of pyridine rings is 1. The van der Waals surface area contributed by atoms with Gasteiger partial charge in [-0.3, -0.25) is 9.78 Å². The van der Waals surface area contributed by atoms with Crippen molar-refractivity contribution in [3.63, 3.8) is 0 Å². The van der Waals surface area contributed by atoms with Crippen LogP contribution < -0.4 is 0 Å². The number of ether oxygens (including phenoxy) is 6. The summed E-state index contributed by atoms with van der Waals surface area (Å²) in [5.74, 6) is -2.74. The van der Waals surface area contributed by atoms with Crippen LogP contribution in [0, 0.1) is 17.8 Å². The summed E-state index contributed by atoms with van der Waals surface area (Å²) in [5, 5.41) is 68.1. The van der Waals surface area contributed by atoms with Crippen LogP contribution in [0.2, 0.25) is 0 Å². The molecule has 0 bridgehead atoms. The van der Waals surface area contributed by atoms with Crippen LogP contribution >= 0.6 is 0 Å². The van der Waals surface area contributed by atoms with Crippen LogP contribution in [0.1, 0.15) is 106 Å². The number of nitrogens with zero attached hydrogens (tertiary/aromatic N) is 6. The fraction of sp³-hybridized carbons (Fsp3) is 0.830. The number of aliphatic hydroxyl groups is 5. The Morgan fingerprint density at radius 2 is 1.68 bits per heavy atom. The van der Waals surface area contributed by atoms with Crippen molar-refractivity contribution >= 4 is 5.97 Å². The number of carbonyl (C=O) groups excluding carboxylic acids is 1. The third-order valence-electron chi connectivity index (χ3n) is 14.5. The normalized spacial score (nSPS) is 42.0. The van der Waals surface area contributed by atoms with E-state index in [0.717, 1.165) is 11.4 Å². The molecule has 5 rings (SSSR count). The number of cyclic esters (lactones) is 1. The van der Waals surface area contributed by atoms with Crippen molar-refractivity contribution in [3.8, 4) is 0 Å². The zero-order valence-electron chi connectivity index (χ0n) is 41.0. The standard InChI is InChI=1S/C47H80N6O12/c1-14-36-47(10,59)40(55)31(6)52(12)24-27(2)22-45(8,58)42(29(4)39(30(5)43(57)63-36)64-37-23-46(9,60-13)41(56)32(7)62-37)65-44-38(54)35(21-28(3)61-44)51(11)20-18-34-26-53(50-49-34)25-33-17-15-16-19-48-33/h15-17,19,26-32,35-42,44,54-56,58-59H,14,18,20-25H2,1-13H3/t27-,28-,29+,30-,31-,32+,35+,36-,37+,38-,39+,40-,41+,42-,44+,45-,46-,47-/m1/s1. The molecule has 0 saturated carbocycles. The van der Waals surface area contributed by atoms with E-state index in [1.165, 1.54) is 14.0 Å². The Morgan fingerprint density at radius 1 is 0.969 bits per heavy atom. The lowest BCUT2D eigenvalue weighted by atomic mass is 9.77. The molecular weight excluding hydrogens is 841 g/mol. The van der Waals surface area contributed by atoms with Crippen molar-refractivity contribution < 1.29 is 58.7 Å². The van der Waals surface area contributed by atoms with Crippen molar-refractivity contribution in [2.24, 2.45) is 17.8 Å². The van der Waals surface area contributed by atoms with E-state index in [2.05, 4.69) is 20.2 Å². The molecule has 65 heavy (non-hydrogen) atoms. The minimum Gasteiger partial charge on any atom is -0.459 e. The van der Waals surface area contributed by atoms with Gasteiger partial charge in [-0.2, -0.15) is 0 Å². The number of esters is 1. The first kappa shape index (κ1) is 53.2. The average Bonchev–Trinajstić information content (AvgIpc) is 3.71. The SMILES string of the molecule is CC[C@H]1OC(=O)[C@H](C)[C@@H](O[C@H]2C[C@@](C)(OC)[C@@H](O)[C@H](C)O2)[C@H](C)[C@@H](O[C@@H]2O[C@H](C)C[C@H](N(C)CCc3cn(Cc4ccccn4)nn3)[C@H]2O)[C@](C)(O)C[C@@H](C)CN(C)[C@H](C)[C@@H](O)[C@]1(C)O. The van der Waals surface area contributed by atoms with Crippen molar-refractivity contribution in [1.82, 2.24) is 29.8 Å². The van der Waals surface area contributed by atoms with Crippen LogP contribution in [0.15, 0.2) is 30.6 Å². The average molecular weight is 921 g/mol. The van der Waals surface area contributed by atoms with Crippen LogP contribution in [-0.4, -0.2) is 186 Å². The van der Waals surface area contributed by atoms with E-state index in [0.29, 0.717) is 32.5 Å². The largest absolute Gasteiger partial charge is 0.459 e. The summed E-state index contributed by atoms with van der Waals surface area (Å²) in [6.45, 7) is 19.1. The molecule has 3 saturated heterocycles. The predicted octanol–water partition coefficient (Wildman–Crippen LogP) is 2.55. The van der Waals surface area contributed by atoms with E-state index in [1.54, 1.807) is 52.4 Å². The topological polar surface area (TPSA) is 224 Å². The van der Waals surface area contributed by atoms with Crippen molar-refractivity contribution in [1.29, 1.82) is 0 Å². The third kappa shape index (κ3) is 12.7. The Bertz CT molecular complexity index is 1790. The molecule has 0 radical (unpaired) electrons. The molecule has 3 aliphatic heterocycles. The van der Waals surface area contributed by atoms with Gasteiger partial charge in [-0.15, -0.1) is 5.10 Å². The third-order valence-corrected chi connectivity index (χ3v) is 14.5. The van der Waals surface area contributed by atoms with E-state index in [1.807, 2.05) is 64.2 Å². The molecule has 370 valence electrons. The van der Waals surface area contributed by atoms with Gasteiger partial charge in [-0.05, 0) is 99.9 Å². The summed E-state index contributed by atoms with van der Waals surface area (Å²) < 4.78 is 39.9. The molecule has 3 fully saturated rings. The van der Waals surface area contributed by atoms with Gasteiger partial charge in [-0.25, -0.2) is 4.68 Å². The molecule has 18 atom stereocenters. The highest BCUT2D eigenvalue weighted by Gasteiger charge is 2.53. The highest BCUT2D eigenvalue weighted by Crippen LogP contribution is 2.40. The van der Waals surface area contributed by atoms with E-state index < -0.39 is 102 Å². The van der Waals surface area contributed by atoms with Gasteiger partial charge in [0.15, 0.2) is 12.6 Å². The summed E-state index contributed by atoms with van der Waals surface area (Å²) in [7, 11) is 5.29. The molecule has 3 aliphatic rings. The van der Waals surface area contributed by atoms with Gasteiger partial charge in [0.05, 0.1) is 59.5 Å². The molecule has 0 unspecified atom stereocenters. The lowest BCUT2D eigenvalue weighted by molar-refractivity contribution is -0.318. The van der Waals surface area contributed by atoms with E-state index >= 15 is 0 Å². The lowest BCUT2D eigenvalue weighted by Gasteiger charge is -2.49. The summed E-state index contributed by atoms with van der Waals surface area (Å²) in [6, 6.07) is 4.77. The number of likely N-dealkylation sites (N-methyl/N-ethyl adjacent to an activating group) is 2. The van der Waals surface area contributed by atoms with Crippen molar-refractivity contribution in [3.05, 3.63) is 42.0 Å². The molecule has 0 aromatic carbocycles. The number of hydrogen-bond donors (Lipinski definition) is 5. The van der Waals surface area contributed by atoms with Gasteiger partial charge in [-0.1, -0.05) is 32.1 Å². The highest BCUT2D eigenvalue weighted by molar-refractivity contribution is 5.73. The van der Waals surface area contributed by atoms with E-state index in [9.17, 15) is 30.3 Å². The van der Waals surface area contributed by atoms with Crippen LogP contribution in [0.5, 0.6) is 0 Å². The fourth-order valence-electron chi connectivity index (χ4n) is 10.3. The molecule has 18 heteroatoms. The number of aliphatic hydroxyl groups excluding tert-OH is 3. The molecule has 0 spiro atoms. The van der Waals surface area contributed by atoms with Gasteiger partial charge in [0, 0.05) is 63.4 Å². The monoisotopic (exact) mass is 921 g/mol. The quantitative estimate of drug-likeness (QED) is 0.193. The second-order valence-corrected chi connectivity index (χ2v) is 20.2. The summed E-state index contributed by atoms with van der Waals surface area (Å²) in [4.78, 5) is 22.8. The molecular formula is C47H80N6O12. The van der Waals surface area contributed by atoms with Crippen LogP contribution in [0.4, 0.5) is 0 Å². The maximum atomic E-state index is 14.4. The van der Waals surface area contributed by atoms with Gasteiger partial charge in [0.25, 0.3) is 0 Å². The van der Waals surface area contributed by atoms with Gasteiger partial charge >= 0.3 is 5.97 Å². The Balaban J connectivity index is 1.47. The molecule has 0 amide bonds. The van der Waals surface area contributed by atoms with Crippen LogP contribution in [0.3, 0.4) is 0 Å². The second kappa shape index (κ2) is 22.1. The van der Waals surface area contributed by atoms with Gasteiger partial charge in [0.1, 0.15) is 30.0 Å². The summed E-state index contributed by atoms with van der Waals surface area (Å²) in [6.07, 6.45) is -4.67. The number of hydrogen-bond acceptors (Lipinski definition) is 17. The Hall–Kier alpha value is -2.72. The van der Waals surface area contributed by atoms with Crippen molar-refractivity contribution in [2.75, 3.05) is 34.3 Å². The second-order valence-electron chi connectivity index (χ2n) is 20.2. The zero-order chi connectivity index (χ0) is 48.2. The first-order valence-corrected chi connectivity index (χ1v) is 23.5. The Kier molecular flexibility index (Phi) is 18.1. The maximum Gasteiger partial charge on any atom is 0.311 e. The van der Waals surface area contributed by atoms with Gasteiger partial charge in [0.2, 0.25) is 0 Å². The minimum atomic E-state index is -1.83. The minimum absolute atomic E-state index is 0.109. The fourth-order valence-corrected chi connectivity index (χ4v) is 10.3. The zero-order valence-corrected chi connectivity index (χ0v) is 41.0. The molecule has 2 aromatic heterocycles. The smallest absolute Gasteiger partial charge is 0.311 e. The molecule has 2 aromatic rings. The van der Waals surface area contributed by atoms with Gasteiger partial charge < -0.3 is 63.8 Å². The van der Waals surface area contributed by atoms with Crippen LogP contribution in [0.25, 0.3) is 0 Å². The predicted molar refractivity (Wildman–Crippen MR) is 240 cm³/mol. The lowest BCUT2D eigenvalue weighted by Crippen LogP contribution is -2.61. The Morgan fingerprint density at radius 3 is 2.32 bits per heavy atom. The molecule has 0 aliphatic carbocycles. The first-order valence-electron chi connectivity index (χ1n) is 23.5. The number of aromatic nitrogens is 4. The Labute approximate surface area is 385 Å². The first-order chi connectivity index (χ1) is 30.4. The van der Waals surface area contributed by atoms with E-state index in [4.69, 9.17) is 28.4 Å². The number of methoxy groups -OCH3 is 1. The molecule has 5 heterocycles. The summed E-state index contributed by atoms with van der Waals surface area (Å²) in [5.41, 5.74) is -2.83. The number of carbonyl (C=O) groups is 1. The van der Waals surface area contributed by atoms with Crippen molar-refractivity contribution in [2.45, 2.75) is 198 Å². The maximum absolute atomic E-state index is 14.4.